The van der Waals surface area contributed by atoms with E-state index < -0.39 is 11.4 Å². The first-order valence-corrected chi connectivity index (χ1v) is 8.83. The Morgan fingerprint density at radius 2 is 2.05 bits per heavy atom. The number of hydrogen-bond acceptors (Lipinski definition) is 1. The van der Waals surface area contributed by atoms with E-state index in [-0.39, 0.29) is 10.8 Å². The van der Waals surface area contributed by atoms with Gasteiger partial charge in [-0.15, -0.1) is 6.58 Å². The lowest BCUT2D eigenvalue weighted by Crippen LogP contribution is -2.52. The standard InChI is InChI=1S/C20H30O2/c1-5-18(2)12-9-15-14(13-18)7-8-16-19(15,3)10-6-11-20(16,4)17(21)22/h5,9,14,16H,1,6-8,10-13H2,2-4H3,(H,21,22)/t14-,16-,18-,19+,20-/m0/s1. The highest BCUT2D eigenvalue weighted by molar-refractivity contribution is 5.75. The molecule has 3 aliphatic carbocycles. The van der Waals surface area contributed by atoms with Crippen LogP contribution in [0.4, 0.5) is 0 Å². The summed E-state index contributed by atoms with van der Waals surface area (Å²) in [5.41, 5.74) is 1.35. The Hall–Kier alpha value is -1.05. The molecule has 2 nitrogen and oxygen atoms in total. The molecule has 0 unspecified atom stereocenters. The van der Waals surface area contributed by atoms with E-state index in [1.54, 1.807) is 5.57 Å². The Bertz CT molecular complexity index is 534. The molecule has 22 heavy (non-hydrogen) atoms. The summed E-state index contributed by atoms with van der Waals surface area (Å²) < 4.78 is 0. The van der Waals surface area contributed by atoms with Gasteiger partial charge in [-0.1, -0.05) is 38.0 Å². The summed E-state index contributed by atoms with van der Waals surface area (Å²) in [6.07, 6.45) is 12.1. The van der Waals surface area contributed by atoms with Crippen LogP contribution in [-0.4, -0.2) is 11.1 Å². The van der Waals surface area contributed by atoms with Gasteiger partial charge in [-0.25, -0.2) is 0 Å². The van der Waals surface area contributed by atoms with Gasteiger partial charge in [0.1, 0.15) is 0 Å². The lowest BCUT2D eigenvalue weighted by Gasteiger charge is -2.58. The predicted octanol–water partition coefficient (Wildman–Crippen LogP) is 5.21. The van der Waals surface area contributed by atoms with Gasteiger partial charge < -0.3 is 5.11 Å². The summed E-state index contributed by atoms with van der Waals surface area (Å²) in [5, 5.41) is 9.84. The predicted molar refractivity (Wildman–Crippen MR) is 89.5 cm³/mol. The number of carboxylic acid groups (broad SMARTS) is 1. The highest BCUT2D eigenvalue weighted by Crippen LogP contribution is 2.63. The van der Waals surface area contributed by atoms with Gasteiger partial charge in [0, 0.05) is 0 Å². The number of aliphatic carboxylic acids is 1. The van der Waals surface area contributed by atoms with Gasteiger partial charge in [0.2, 0.25) is 0 Å². The summed E-state index contributed by atoms with van der Waals surface area (Å²) in [6, 6.07) is 0. The van der Waals surface area contributed by atoms with Gasteiger partial charge in [-0.2, -0.15) is 0 Å². The van der Waals surface area contributed by atoms with Gasteiger partial charge in [0.15, 0.2) is 0 Å². The van der Waals surface area contributed by atoms with Crippen molar-refractivity contribution < 1.29 is 9.90 Å². The normalized spacial score (nSPS) is 47.9. The van der Waals surface area contributed by atoms with Crippen LogP contribution in [0.5, 0.6) is 0 Å². The molecule has 2 heteroatoms. The van der Waals surface area contributed by atoms with E-state index >= 15 is 0 Å². The fourth-order valence-corrected chi connectivity index (χ4v) is 5.87. The monoisotopic (exact) mass is 302 g/mol. The van der Waals surface area contributed by atoms with Crippen LogP contribution in [0.3, 0.4) is 0 Å². The molecule has 0 aromatic carbocycles. The topological polar surface area (TPSA) is 37.3 Å². The van der Waals surface area contributed by atoms with Crippen LogP contribution in [0.25, 0.3) is 0 Å². The zero-order valence-electron chi connectivity index (χ0n) is 14.3. The van der Waals surface area contributed by atoms with Crippen LogP contribution >= 0.6 is 0 Å². The smallest absolute Gasteiger partial charge is 0.309 e. The number of allylic oxidation sites excluding steroid dienone is 3. The molecule has 0 aromatic rings. The van der Waals surface area contributed by atoms with Crippen LogP contribution in [-0.2, 0) is 4.79 Å². The first kappa shape index (κ1) is 15.8. The fraction of sp³-hybridized carbons (Fsp3) is 0.750. The van der Waals surface area contributed by atoms with Crippen LogP contribution in [0.15, 0.2) is 24.3 Å². The quantitative estimate of drug-likeness (QED) is 0.711. The molecule has 0 amide bonds. The summed E-state index contributed by atoms with van der Waals surface area (Å²) in [6.45, 7) is 10.7. The Morgan fingerprint density at radius 1 is 1.32 bits per heavy atom. The first-order valence-electron chi connectivity index (χ1n) is 8.83. The van der Waals surface area contributed by atoms with Gasteiger partial charge in [-0.05, 0) is 68.1 Å². The van der Waals surface area contributed by atoms with E-state index in [9.17, 15) is 9.90 Å². The lowest BCUT2D eigenvalue weighted by molar-refractivity contribution is -0.160. The van der Waals surface area contributed by atoms with Crippen LogP contribution in [0.2, 0.25) is 0 Å². The molecule has 122 valence electrons. The summed E-state index contributed by atoms with van der Waals surface area (Å²) in [4.78, 5) is 11.9. The van der Waals surface area contributed by atoms with Crippen molar-refractivity contribution in [2.45, 2.75) is 65.7 Å². The molecule has 0 aromatic heterocycles. The number of rotatable bonds is 2. The summed E-state index contributed by atoms with van der Waals surface area (Å²) in [7, 11) is 0. The molecule has 2 fully saturated rings. The van der Waals surface area contributed by atoms with Crippen molar-refractivity contribution in [2.75, 3.05) is 0 Å². The third-order valence-electron chi connectivity index (χ3n) is 7.32. The van der Waals surface area contributed by atoms with Crippen LogP contribution in [0.1, 0.15) is 65.7 Å². The number of fused-ring (bicyclic) bond motifs is 3. The molecule has 2 saturated carbocycles. The average molecular weight is 302 g/mol. The van der Waals surface area contributed by atoms with E-state index in [0.29, 0.717) is 11.8 Å². The SMILES string of the molecule is C=C[C@@]1(C)CC=C2[C@@H](CC[C@@H]3[C@@](C)(C(=O)O)CCC[C@]23C)C1. The van der Waals surface area contributed by atoms with Crippen molar-refractivity contribution in [3.05, 3.63) is 24.3 Å². The molecule has 0 saturated heterocycles. The van der Waals surface area contributed by atoms with Gasteiger partial charge in [0.05, 0.1) is 5.41 Å². The maximum atomic E-state index is 11.9. The highest BCUT2D eigenvalue weighted by Gasteiger charge is 2.57. The van der Waals surface area contributed by atoms with Crippen molar-refractivity contribution in [1.29, 1.82) is 0 Å². The lowest BCUT2D eigenvalue weighted by atomic mass is 9.46. The molecule has 0 aliphatic heterocycles. The molecule has 0 bridgehead atoms. The Labute approximate surface area is 134 Å². The fourth-order valence-electron chi connectivity index (χ4n) is 5.87. The minimum Gasteiger partial charge on any atom is -0.481 e. The third kappa shape index (κ3) is 2.10. The van der Waals surface area contributed by atoms with Crippen molar-refractivity contribution in [3.8, 4) is 0 Å². The molecule has 0 spiro atoms. The summed E-state index contributed by atoms with van der Waals surface area (Å²) >= 11 is 0. The summed E-state index contributed by atoms with van der Waals surface area (Å²) in [5.74, 6) is 0.338. The molecular weight excluding hydrogens is 272 g/mol. The van der Waals surface area contributed by atoms with E-state index in [2.05, 4.69) is 32.6 Å². The highest BCUT2D eigenvalue weighted by atomic mass is 16.4. The van der Waals surface area contributed by atoms with E-state index in [1.807, 2.05) is 6.92 Å². The number of carbonyl (C=O) groups is 1. The second kappa shape index (κ2) is 4.97. The van der Waals surface area contributed by atoms with Crippen molar-refractivity contribution >= 4 is 5.97 Å². The average Bonchev–Trinajstić information content (AvgIpc) is 2.46. The molecule has 1 N–H and O–H groups in total. The first-order chi connectivity index (χ1) is 10.3. The Balaban J connectivity index is 1.99. The molecule has 5 atom stereocenters. The number of hydrogen-bond donors (Lipinski definition) is 1. The van der Waals surface area contributed by atoms with Crippen molar-refractivity contribution in [2.24, 2.45) is 28.1 Å². The second-order valence-corrected chi connectivity index (χ2v) is 8.75. The van der Waals surface area contributed by atoms with E-state index in [4.69, 9.17) is 0 Å². The van der Waals surface area contributed by atoms with Gasteiger partial charge in [-0.3, -0.25) is 4.79 Å². The van der Waals surface area contributed by atoms with E-state index in [1.165, 1.54) is 6.42 Å². The van der Waals surface area contributed by atoms with Gasteiger partial charge >= 0.3 is 5.97 Å². The molecular formula is C20H30O2. The largest absolute Gasteiger partial charge is 0.481 e. The Kier molecular flexibility index (Phi) is 3.58. The molecule has 3 aliphatic rings. The molecule has 0 radical (unpaired) electrons. The van der Waals surface area contributed by atoms with Crippen molar-refractivity contribution in [1.82, 2.24) is 0 Å². The Morgan fingerprint density at radius 3 is 2.68 bits per heavy atom. The zero-order valence-corrected chi connectivity index (χ0v) is 14.3. The van der Waals surface area contributed by atoms with E-state index in [0.717, 1.165) is 38.5 Å². The molecule has 0 heterocycles. The van der Waals surface area contributed by atoms with Crippen LogP contribution in [0, 0.1) is 28.1 Å². The van der Waals surface area contributed by atoms with Gasteiger partial charge in [0.25, 0.3) is 0 Å². The third-order valence-corrected chi connectivity index (χ3v) is 7.32. The minimum absolute atomic E-state index is 0.0941. The maximum absolute atomic E-state index is 11.9. The zero-order chi connectivity index (χ0) is 16.2. The number of carboxylic acids is 1. The van der Waals surface area contributed by atoms with Crippen molar-refractivity contribution in [3.63, 3.8) is 0 Å². The maximum Gasteiger partial charge on any atom is 0.309 e. The molecule has 3 rings (SSSR count). The minimum atomic E-state index is -0.589. The second-order valence-electron chi connectivity index (χ2n) is 8.75. The van der Waals surface area contributed by atoms with Crippen LogP contribution < -0.4 is 0 Å².